The number of nitrogens with two attached hydrogens (primary N) is 1. The third-order valence-corrected chi connectivity index (χ3v) is 2.41. The number of nitrogens with zero attached hydrogens (tertiary/aromatic N) is 4. The van der Waals surface area contributed by atoms with E-state index >= 15 is 0 Å². The average Bonchev–Trinajstić information content (AvgIpc) is 2.33. The molecular formula is C11H14F3N5. The van der Waals surface area contributed by atoms with Gasteiger partial charge in [-0.05, 0) is 13.8 Å². The molecule has 0 aromatic carbocycles. The van der Waals surface area contributed by atoms with Gasteiger partial charge in [0.2, 0.25) is 5.82 Å². The SMILES string of the molecule is CCN(CC(C)C#N)c1cc(N)nc(C(F)(F)F)n1. The van der Waals surface area contributed by atoms with Crippen LogP contribution >= 0.6 is 0 Å². The molecule has 0 fully saturated rings. The van der Waals surface area contributed by atoms with E-state index in [1.807, 2.05) is 6.07 Å². The largest absolute Gasteiger partial charge is 0.451 e. The van der Waals surface area contributed by atoms with Gasteiger partial charge in [-0.2, -0.15) is 18.4 Å². The number of anilines is 2. The van der Waals surface area contributed by atoms with Crippen LogP contribution < -0.4 is 10.6 Å². The number of nitriles is 1. The molecule has 0 aliphatic rings. The summed E-state index contributed by atoms with van der Waals surface area (Å²) in [6.07, 6.45) is -4.65. The molecular weight excluding hydrogens is 259 g/mol. The van der Waals surface area contributed by atoms with E-state index in [1.165, 1.54) is 6.07 Å². The molecule has 0 amide bonds. The fourth-order valence-electron chi connectivity index (χ4n) is 1.50. The molecule has 0 aliphatic carbocycles. The number of aromatic nitrogens is 2. The molecule has 5 nitrogen and oxygen atoms in total. The predicted molar refractivity (Wildman–Crippen MR) is 64.1 cm³/mol. The highest BCUT2D eigenvalue weighted by atomic mass is 19.4. The van der Waals surface area contributed by atoms with Gasteiger partial charge in [-0.25, -0.2) is 9.97 Å². The maximum absolute atomic E-state index is 12.6. The molecule has 0 radical (unpaired) electrons. The van der Waals surface area contributed by atoms with Crippen molar-refractivity contribution in [2.24, 2.45) is 5.92 Å². The molecule has 0 spiro atoms. The molecule has 8 heteroatoms. The minimum Gasteiger partial charge on any atom is -0.384 e. The van der Waals surface area contributed by atoms with Crippen LogP contribution in [0.4, 0.5) is 24.8 Å². The van der Waals surface area contributed by atoms with E-state index in [-0.39, 0.29) is 24.1 Å². The van der Waals surface area contributed by atoms with Crippen molar-refractivity contribution in [2.45, 2.75) is 20.0 Å². The Morgan fingerprint density at radius 1 is 1.47 bits per heavy atom. The van der Waals surface area contributed by atoms with Crippen molar-refractivity contribution < 1.29 is 13.2 Å². The highest BCUT2D eigenvalue weighted by Crippen LogP contribution is 2.28. The maximum atomic E-state index is 12.6. The summed E-state index contributed by atoms with van der Waals surface area (Å²) in [5.74, 6) is -1.78. The van der Waals surface area contributed by atoms with Crippen molar-refractivity contribution >= 4 is 11.6 Å². The third-order valence-electron chi connectivity index (χ3n) is 2.41. The standard InChI is InChI=1S/C11H14F3N5/c1-3-19(6-7(2)5-15)9-4-8(16)17-10(18-9)11(12,13)14/h4,7H,3,6H2,1-2H3,(H2,16,17,18). The van der Waals surface area contributed by atoms with Crippen LogP contribution in [0.25, 0.3) is 0 Å². The summed E-state index contributed by atoms with van der Waals surface area (Å²) in [5, 5.41) is 8.75. The van der Waals surface area contributed by atoms with E-state index in [0.717, 1.165) is 0 Å². The Balaban J connectivity index is 3.11. The van der Waals surface area contributed by atoms with Crippen LogP contribution in [0, 0.1) is 17.2 Å². The Labute approximate surface area is 108 Å². The van der Waals surface area contributed by atoms with Crippen molar-refractivity contribution in [1.29, 1.82) is 5.26 Å². The Bertz CT molecular complexity index is 480. The predicted octanol–water partition coefficient (Wildman–Crippen LogP) is 2.06. The molecule has 19 heavy (non-hydrogen) atoms. The van der Waals surface area contributed by atoms with Gasteiger partial charge in [-0.1, -0.05) is 0 Å². The molecule has 104 valence electrons. The summed E-state index contributed by atoms with van der Waals surface area (Å²) in [4.78, 5) is 8.19. The second kappa shape index (κ2) is 5.73. The second-order valence-corrected chi connectivity index (χ2v) is 4.04. The zero-order valence-corrected chi connectivity index (χ0v) is 10.6. The van der Waals surface area contributed by atoms with Crippen LogP contribution in [0.1, 0.15) is 19.7 Å². The van der Waals surface area contributed by atoms with Gasteiger partial charge >= 0.3 is 6.18 Å². The highest BCUT2D eigenvalue weighted by molar-refractivity contribution is 5.47. The van der Waals surface area contributed by atoms with Gasteiger partial charge in [-0.3, -0.25) is 0 Å². The van der Waals surface area contributed by atoms with Crippen LogP contribution in [-0.2, 0) is 6.18 Å². The molecule has 1 aromatic rings. The lowest BCUT2D eigenvalue weighted by Gasteiger charge is -2.23. The Morgan fingerprint density at radius 2 is 2.11 bits per heavy atom. The minimum absolute atomic E-state index is 0.0735. The molecule has 0 saturated heterocycles. The van der Waals surface area contributed by atoms with Crippen LogP contribution in [-0.4, -0.2) is 23.1 Å². The van der Waals surface area contributed by atoms with Gasteiger partial charge in [0.15, 0.2) is 0 Å². The van der Waals surface area contributed by atoms with E-state index in [0.29, 0.717) is 6.54 Å². The number of hydrogen-bond donors (Lipinski definition) is 1. The van der Waals surface area contributed by atoms with Crippen molar-refractivity contribution in [2.75, 3.05) is 23.7 Å². The van der Waals surface area contributed by atoms with E-state index < -0.39 is 12.0 Å². The number of alkyl halides is 3. The van der Waals surface area contributed by atoms with Crippen molar-refractivity contribution in [3.05, 3.63) is 11.9 Å². The maximum Gasteiger partial charge on any atom is 0.451 e. The molecule has 1 heterocycles. The fraction of sp³-hybridized carbons (Fsp3) is 0.545. The lowest BCUT2D eigenvalue weighted by atomic mass is 10.2. The van der Waals surface area contributed by atoms with E-state index in [1.54, 1.807) is 18.7 Å². The number of hydrogen-bond acceptors (Lipinski definition) is 5. The normalized spacial score (nSPS) is 12.8. The molecule has 0 bridgehead atoms. The Hall–Kier alpha value is -2.04. The summed E-state index contributed by atoms with van der Waals surface area (Å²) in [6, 6.07) is 3.29. The molecule has 1 atom stereocenters. The molecule has 1 unspecified atom stereocenters. The van der Waals surface area contributed by atoms with Gasteiger partial charge in [0.05, 0.1) is 12.0 Å². The van der Waals surface area contributed by atoms with E-state index in [9.17, 15) is 13.2 Å². The Kier molecular flexibility index (Phi) is 4.53. The molecule has 1 aromatic heterocycles. The van der Waals surface area contributed by atoms with Gasteiger partial charge in [0.25, 0.3) is 0 Å². The van der Waals surface area contributed by atoms with Crippen molar-refractivity contribution in [3.63, 3.8) is 0 Å². The number of rotatable bonds is 4. The van der Waals surface area contributed by atoms with Crippen LogP contribution in [0.2, 0.25) is 0 Å². The Morgan fingerprint density at radius 3 is 2.58 bits per heavy atom. The van der Waals surface area contributed by atoms with Crippen molar-refractivity contribution in [3.8, 4) is 6.07 Å². The second-order valence-electron chi connectivity index (χ2n) is 4.04. The fourth-order valence-corrected chi connectivity index (χ4v) is 1.50. The quantitative estimate of drug-likeness (QED) is 0.908. The monoisotopic (exact) mass is 273 g/mol. The zero-order valence-electron chi connectivity index (χ0n) is 10.6. The first-order valence-corrected chi connectivity index (χ1v) is 5.64. The van der Waals surface area contributed by atoms with Gasteiger partial charge < -0.3 is 10.6 Å². The first-order chi connectivity index (χ1) is 8.77. The lowest BCUT2D eigenvalue weighted by Crippen LogP contribution is -2.29. The molecule has 1 rings (SSSR count). The molecule has 0 saturated carbocycles. The summed E-state index contributed by atoms with van der Waals surface area (Å²) < 4.78 is 37.8. The summed E-state index contributed by atoms with van der Waals surface area (Å²) >= 11 is 0. The third kappa shape index (κ3) is 3.98. The first-order valence-electron chi connectivity index (χ1n) is 5.64. The lowest BCUT2D eigenvalue weighted by molar-refractivity contribution is -0.144. The van der Waals surface area contributed by atoms with Crippen LogP contribution in [0.15, 0.2) is 6.07 Å². The summed E-state index contributed by atoms with van der Waals surface area (Å²) in [7, 11) is 0. The molecule has 0 aliphatic heterocycles. The number of halogens is 3. The van der Waals surface area contributed by atoms with E-state index in [4.69, 9.17) is 11.0 Å². The van der Waals surface area contributed by atoms with Crippen molar-refractivity contribution in [1.82, 2.24) is 9.97 Å². The van der Waals surface area contributed by atoms with Gasteiger partial charge in [0, 0.05) is 19.2 Å². The average molecular weight is 273 g/mol. The first kappa shape index (κ1) is 15.0. The zero-order chi connectivity index (χ0) is 14.6. The van der Waals surface area contributed by atoms with Gasteiger partial charge in [-0.15, -0.1) is 0 Å². The minimum atomic E-state index is -4.65. The van der Waals surface area contributed by atoms with E-state index in [2.05, 4.69) is 9.97 Å². The molecule has 2 N–H and O–H groups in total. The summed E-state index contributed by atoms with van der Waals surface area (Å²) in [6.45, 7) is 4.13. The summed E-state index contributed by atoms with van der Waals surface area (Å²) in [5.41, 5.74) is 5.37. The highest BCUT2D eigenvalue weighted by Gasteiger charge is 2.35. The smallest absolute Gasteiger partial charge is 0.384 e. The van der Waals surface area contributed by atoms with Gasteiger partial charge in [0.1, 0.15) is 11.6 Å². The number of nitrogen functional groups attached to an aromatic ring is 1. The topological polar surface area (TPSA) is 78.8 Å². The van der Waals surface area contributed by atoms with Crippen LogP contribution in [0.5, 0.6) is 0 Å². The van der Waals surface area contributed by atoms with Crippen LogP contribution in [0.3, 0.4) is 0 Å².